The molecular weight excluding hydrogens is 288 g/mol. The molecule has 1 amide bonds. The van der Waals surface area contributed by atoms with E-state index in [9.17, 15) is 4.79 Å². The van der Waals surface area contributed by atoms with E-state index in [2.05, 4.69) is 12.2 Å². The van der Waals surface area contributed by atoms with Crippen LogP contribution in [0.5, 0.6) is 11.5 Å². The van der Waals surface area contributed by atoms with E-state index in [1.807, 2.05) is 0 Å². The van der Waals surface area contributed by atoms with Gasteiger partial charge in [-0.25, -0.2) is 0 Å². The predicted octanol–water partition coefficient (Wildman–Crippen LogP) is 2.34. The zero-order valence-electron chi connectivity index (χ0n) is 12.4. The van der Waals surface area contributed by atoms with E-state index in [0.717, 1.165) is 0 Å². The molecule has 1 aliphatic carbocycles. The molecule has 0 aromatic heterocycles. The number of hydrogen-bond acceptors (Lipinski definition) is 4. The largest absolute Gasteiger partial charge is 0.493 e. The Morgan fingerprint density at radius 3 is 2.43 bits per heavy atom. The van der Waals surface area contributed by atoms with Crippen molar-refractivity contribution >= 4 is 28.8 Å². The summed E-state index contributed by atoms with van der Waals surface area (Å²) in [5.74, 6) is 1.47. The van der Waals surface area contributed by atoms with Crippen molar-refractivity contribution in [1.29, 1.82) is 0 Å². The number of carbonyl (C=O) groups is 1. The number of amides is 1. The first-order chi connectivity index (χ1) is 9.92. The molecule has 0 bridgehead atoms. The average Bonchev–Trinajstić information content (AvgIpc) is 2.42. The standard InChI is InChI=1S/C15H20N2O3S/c1-9-7-15(8-9,13(16)21)14(18)17-10-4-5-11(19-2)12(6-10)20-3/h4-6,9H,7-8H2,1-3H3,(H2,16,21)(H,17,18). The second-order valence-corrected chi connectivity index (χ2v) is 5.92. The number of nitrogens with one attached hydrogen (secondary N) is 1. The minimum Gasteiger partial charge on any atom is -0.493 e. The Hall–Kier alpha value is -1.82. The van der Waals surface area contributed by atoms with Gasteiger partial charge in [-0.15, -0.1) is 0 Å². The summed E-state index contributed by atoms with van der Waals surface area (Å²) in [6.45, 7) is 2.08. The highest BCUT2D eigenvalue weighted by atomic mass is 32.1. The van der Waals surface area contributed by atoms with Gasteiger partial charge in [-0.1, -0.05) is 19.1 Å². The van der Waals surface area contributed by atoms with Crippen molar-refractivity contribution < 1.29 is 14.3 Å². The van der Waals surface area contributed by atoms with Crippen molar-refractivity contribution in [3.05, 3.63) is 18.2 Å². The van der Waals surface area contributed by atoms with Crippen LogP contribution in [0.4, 0.5) is 5.69 Å². The van der Waals surface area contributed by atoms with Gasteiger partial charge in [-0.2, -0.15) is 0 Å². The fraction of sp³-hybridized carbons (Fsp3) is 0.467. The van der Waals surface area contributed by atoms with Gasteiger partial charge in [0.25, 0.3) is 0 Å². The van der Waals surface area contributed by atoms with Crippen molar-refractivity contribution in [1.82, 2.24) is 0 Å². The van der Waals surface area contributed by atoms with Crippen molar-refractivity contribution in [2.24, 2.45) is 17.1 Å². The molecule has 1 aromatic carbocycles. The van der Waals surface area contributed by atoms with E-state index >= 15 is 0 Å². The van der Waals surface area contributed by atoms with Crippen LogP contribution >= 0.6 is 12.2 Å². The minimum absolute atomic E-state index is 0.152. The van der Waals surface area contributed by atoms with Crippen LogP contribution in [-0.2, 0) is 4.79 Å². The number of carbonyl (C=O) groups excluding carboxylic acids is 1. The first-order valence-electron chi connectivity index (χ1n) is 6.76. The van der Waals surface area contributed by atoms with Crippen LogP contribution < -0.4 is 20.5 Å². The van der Waals surface area contributed by atoms with E-state index in [-0.39, 0.29) is 10.9 Å². The summed E-state index contributed by atoms with van der Waals surface area (Å²) >= 11 is 5.09. The van der Waals surface area contributed by atoms with E-state index < -0.39 is 5.41 Å². The highest BCUT2D eigenvalue weighted by molar-refractivity contribution is 7.80. The molecule has 0 aliphatic heterocycles. The van der Waals surface area contributed by atoms with E-state index in [0.29, 0.717) is 35.9 Å². The van der Waals surface area contributed by atoms with Gasteiger partial charge >= 0.3 is 0 Å². The zero-order chi connectivity index (χ0) is 15.6. The summed E-state index contributed by atoms with van der Waals surface area (Å²) in [4.78, 5) is 12.8. The molecule has 0 radical (unpaired) electrons. The number of rotatable bonds is 5. The van der Waals surface area contributed by atoms with Crippen LogP contribution in [0.25, 0.3) is 0 Å². The summed E-state index contributed by atoms with van der Waals surface area (Å²) in [7, 11) is 3.11. The molecule has 1 saturated carbocycles. The molecule has 3 N–H and O–H groups in total. The van der Waals surface area contributed by atoms with Crippen molar-refractivity contribution in [3.63, 3.8) is 0 Å². The Kier molecular flexibility index (Phi) is 4.37. The lowest BCUT2D eigenvalue weighted by Crippen LogP contribution is -2.53. The third kappa shape index (κ3) is 2.81. The highest BCUT2D eigenvalue weighted by Crippen LogP contribution is 2.46. The quantitative estimate of drug-likeness (QED) is 0.817. The molecule has 114 valence electrons. The van der Waals surface area contributed by atoms with Crippen molar-refractivity contribution in [3.8, 4) is 11.5 Å². The molecule has 5 nitrogen and oxygen atoms in total. The monoisotopic (exact) mass is 308 g/mol. The third-order valence-corrected chi connectivity index (χ3v) is 4.33. The number of anilines is 1. The van der Waals surface area contributed by atoms with Crippen LogP contribution in [0.15, 0.2) is 18.2 Å². The summed E-state index contributed by atoms with van der Waals surface area (Å²) in [5, 5.41) is 2.87. The second-order valence-electron chi connectivity index (χ2n) is 5.48. The van der Waals surface area contributed by atoms with Crippen molar-refractivity contribution in [2.45, 2.75) is 19.8 Å². The van der Waals surface area contributed by atoms with Gasteiger partial charge in [0.05, 0.1) is 24.6 Å². The lowest BCUT2D eigenvalue weighted by molar-refractivity contribution is -0.127. The Morgan fingerprint density at radius 2 is 1.95 bits per heavy atom. The molecule has 1 aromatic rings. The zero-order valence-corrected chi connectivity index (χ0v) is 13.3. The average molecular weight is 308 g/mol. The van der Waals surface area contributed by atoms with Gasteiger partial charge in [0.1, 0.15) is 0 Å². The molecule has 0 saturated heterocycles. The molecule has 2 rings (SSSR count). The number of thiocarbonyl (C=S) groups is 1. The van der Waals surface area contributed by atoms with Gasteiger partial charge in [0.15, 0.2) is 11.5 Å². The summed E-state index contributed by atoms with van der Waals surface area (Å²) in [5.41, 5.74) is 5.69. The molecule has 0 spiro atoms. The van der Waals surface area contributed by atoms with E-state index in [1.165, 1.54) is 0 Å². The van der Waals surface area contributed by atoms with Crippen LogP contribution in [-0.4, -0.2) is 25.1 Å². The number of methoxy groups -OCH3 is 2. The highest BCUT2D eigenvalue weighted by Gasteiger charge is 2.50. The fourth-order valence-corrected chi connectivity index (χ4v) is 3.05. The van der Waals surface area contributed by atoms with Gasteiger partial charge < -0.3 is 20.5 Å². The maximum absolute atomic E-state index is 12.5. The lowest BCUT2D eigenvalue weighted by Gasteiger charge is -2.44. The normalized spacial score (nSPS) is 23.9. The maximum atomic E-state index is 12.5. The van der Waals surface area contributed by atoms with E-state index in [1.54, 1.807) is 32.4 Å². The Morgan fingerprint density at radius 1 is 1.33 bits per heavy atom. The molecule has 1 aliphatic rings. The summed E-state index contributed by atoms with van der Waals surface area (Å²) in [6, 6.07) is 5.21. The van der Waals surface area contributed by atoms with Crippen LogP contribution in [0.2, 0.25) is 0 Å². The Bertz CT molecular complexity index is 568. The second kappa shape index (κ2) is 5.89. The molecule has 6 heteroatoms. The Balaban J connectivity index is 2.18. The van der Waals surface area contributed by atoms with E-state index in [4.69, 9.17) is 27.4 Å². The van der Waals surface area contributed by atoms with Gasteiger partial charge in [0, 0.05) is 11.8 Å². The first-order valence-corrected chi connectivity index (χ1v) is 7.17. The SMILES string of the molecule is COc1ccc(NC(=O)C2(C(N)=S)CC(C)C2)cc1OC. The van der Waals surface area contributed by atoms with Crippen LogP contribution in [0, 0.1) is 11.3 Å². The molecule has 0 heterocycles. The number of hydrogen-bond donors (Lipinski definition) is 2. The topological polar surface area (TPSA) is 73.6 Å². The predicted molar refractivity (Wildman–Crippen MR) is 85.8 cm³/mol. The smallest absolute Gasteiger partial charge is 0.237 e. The van der Waals surface area contributed by atoms with Crippen molar-refractivity contribution in [2.75, 3.05) is 19.5 Å². The third-order valence-electron chi connectivity index (χ3n) is 3.94. The summed E-state index contributed by atoms with van der Waals surface area (Å²) < 4.78 is 10.4. The molecule has 1 fully saturated rings. The molecule has 21 heavy (non-hydrogen) atoms. The van der Waals surface area contributed by atoms with Crippen LogP contribution in [0.1, 0.15) is 19.8 Å². The van der Waals surface area contributed by atoms with Gasteiger partial charge in [-0.3, -0.25) is 4.79 Å². The summed E-state index contributed by atoms with van der Waals surface area (Å²) in [6.07, 6.45) is 1.39. The number of ether oxygens (including phenoxy) is 2. The molecule has 0 atom stereocenters. The minimum atomic E-state index is -0.720. The van der Waals surface area contributed by atoms with Crippen LogP contribution in [0.3, 0.4) is 0 Å². The maximum Gasteiger partial charge on any atom is 0.237 e. The lowest BCUT2D eigenvalue weighted by atomic mass is 9.62. The number of nitrogens with two attached hydrogens (primary N) is 1. The number of benzene rings is 1. The fourth-order valence-electron chi connectivity index (χ4n) is 2.79. The van der Waals surface area contributed by atoms with Gasteiger partial charge in [-0.05, 0) is 30.9 Å². The molecular formula is C15H20N2O3S. The molecule has 0 unspecified atom stereocenters. The Labute approximate surface area is 129 Å². The van der Waals surface area contributed by atoms with Gasteiger partial charge in [0.2, 0.25) is 5.91 Å². The first kappa shape index (κ1) is 15.6.